The SMILES string of the molecule is CC(C)NC(=O)NC(=O)[C@@H](C)Nc1ccc2[nH]c(=O)[nH]c2c1. The van der Waals surface area contributed by atoms with Crippen LogP contribution < -0.4 is 21.6 Å². The van der Waals surface area contributed by atoms with Crippen molar-refractivity contribution in [1.82, 2.24) is 20.6 Å². The lowest BCUT2D eigenvalue weighted by Gasteiger charge is -2.15. The monoisotopic (exact) mass is 305 g/mol. The maximum atomic E-state index is 11.9. The van der Waals surface area contributed by atoms with E-state index in [0.717, 1.165) is 0 Å². The van der Waals surface area contributed by atoms with Crippen LogP contribution in [0.25, 0.3) is 11.0 Å². The number of benzene rings is 1. The number of fused-ring (bicyclic) bond motifs is 1. The van der Waals surface area contributed by atoms with Crippen LogP contribution in [-0.4, -0.2) is 34.0 Å². The molecule has 2 rings (SSSR count). The van der Waals surface area contributed by atoms with Crippen molar-refractivity contribution in [3.05, 3.63) is 28.7 Å². The second kappa shape index (κ2) is 6.33. The molecule has 22 heavy (non-hydrogen) atoms. The summed E-state index contributed by atoms with van der Waals surface area (Å²) < 4.78 is 0. The summed E-state index contributed by atoms with van der Waals surface area (Å²) in [6.45, 7) is 5.25. The van der Waals surface area contributed by atoms with Gasteiger partial charge in [0, 0.05) is 11.7 Å². The number of imidazole rings is 1. The Hall–Kier alpha value is -2.77. The van der Waals surface area contributed by atoms with Gasteiger partial charge in [-0.15, -0.1) is 0 Å². The number of imide groups is 1. The number of aromatic nitrogens is 2. The van der Waals surface area contributed by atoms with Gasteiger partial charge in [0.1, 0.15) is 6.04 Å². The first-order valence-corrected chi connectivity index (χ1v) is 6.95. The summed E-state index contributed by atoms with van der Waals surface area (Å²) in [5, 5.41) is 7.81. The molecule has 0 radical (unpaired) electrons. The van der Waals surface area contributed by atoms with E-state index in [0.29, 0.717) is 16.7 Å². The molecule has 0 bridgehead atoms. The van der Waals surface area contributed by atoms with Crippen LogP contribution in [0, 0.1) is 0 Å². The van der Waals surface area contributed by atoms with E-state index in [1.54, 1.807) is 39.0 Å². The van der Waals surface area contributed by atoms with Gasteiger partial charge in [-0.3, -0.25) is 10.1 Å². The predicted octanol–water partition coefficient (Wildman–Crippen LogP) is 0.891. The van der Waals surface area contributed by atoms with Crippen molar-refractivity contribution in [2.45, 2.75) is 32.9 Å². The molecule has 0 saturated heterocycles. The van der Waals surface area contributed by atoms with Crippen LogP contribution in [0.2, 0.25) is 0 Å². The van der Waals surface area contributed by atoms with Gasteiger partial charge in [0.25, 0.3) is 0 Å². The standard InChI is InChI=1S/C14H19N5O3/c1-7(2)15-13(21)19-12(20)8(3)16-9-4-5-10-11(6-9)18-14(22)17-10/h4-8,16H,1-3H3,(H2,17,18,22)(H2,15,19,20,21)/t8-/m1/s1. The Morgan fingerprint density at radius 2 is 1.77 bits per heavy atom. The van der Waals surface area contributed by atoms with Gasteiger partial charge in [0.05, 0.1) is 11.0 Å². The summed E-state index contributed by atoms with van der Waals surface area (Å²) in [5.41, 5.74) is 1.70. The minimum Gasteiger partial charge on any atom is -0.374 e. The summed E-state index contributed by atoms with van der Waals surface area (Å²) in [7, 11) is 0. The lowest BCUT2D eigenvalue weighted by molar-refractivity contribution is -0.120. The molecule has 1 aromatic heterocycles. The normalized spacial score (nSPS) is 12.2. The Balaban J connectivity index is 2.00. The molecule has 0 spiro atoms. The first-order valence-electron chi connectivity index (χ1n) is 6.95. The Morgan fingerprint density at radius 1 is 1.09 bits per heavy atom. The average Bonchev–Trinajstić information content (AvgIpc) is 2.76. The van der Waals surface area contributed by atoms with Crippen molar-refractivity contribution < 1.29 is 9.59 Å². The summed E-state index contributed by atoms with van der Waals surface area (Å²) in [4.78, 5) is 39.9. The second-order valence-electron chi connectivity index (χ2n) is 5.32. The molecule has 1 aromatic carbocycles. The molecule has 118 valence electrons. The highest BCUT2D eigenvalue weighted by atomic mass is 16.2. The first kappa shape index (κ1) is 15.6. The third-order valence-electron chi connectivity index (χ3n) is 2.95. The number of H-pyrrole nitrogens is 2. The van der Waals surface area contributed by atoms with Crippen molar-refractivity contribution in [3.63, 3.8) is 0 Å². The topological polar surface area (TPSA) is 119 Å². The van der Waals surface area contributed by atoms with Gasteiger partial charge in [-0.05, 0) is 39.0 Å². The minimum atomic E-state index is -0.610. The smallest absolute Gasteiger partial charge is 0.323 e. The average molecular weight is 305 g/mol. The Kier molecular flexibility index (Phi) is 4.50. The van der Waals surface area contributed by atoms with E-state index in [1.165, 1.54) is 0 Å². The van der Waals surface area contributed by atoms with Crippen LogP contribution in [-0.2, 0) is 4.79 Å². The summed E-state index contributed by atoms with van der Waals surface area (Å²) >= 11 is 0. The number of nitrogens with one attached hydrogen (secondary N) is 5. The van der Waals surface area contributed by atoms with E-state index < -0.39 is 18.0 Å². The maximum Gasteiger partial charge on any atom is 0.323 e. The lowest BCUT2D eigenvalue weighted by Crippen LogP contribution is -2.47. The molecule has 8 nitrogen and oxygen atoms in total. The quantitative estimate of drug-likeness (QED) is 0.576. The molecule has 0 aliphatic carbocycles. The van der Waals surface area contributed by atoms with Gasteiger partial charge in [-0.1, -0.05) is 0 Å². The highest BCUT2D eigenvalue weighted by molar-refractivity contribution is 5.98. The highest BCUT2D eigenvalue weighted by Gasteiger charge is 2.16. The zero-order valence-electron chi connectivity index (χ0n) is 12.6. The van der Waals surface area contributed by atoms with Crippen molar-refractivity contribution in [3.8, 4) is 0 Å². The number of amides is 3. The van der Waals surface area contributed by atoms with Crippen molar-refractivity contribution in [2.75, 3.05) is 5.32 Å². The number of carbonyl (C=O) groups is 2. The predicted molar refractivity (Wildman–Crippen MR) is 83.8 cm³/mol. The highest BCUT2D eigenvalue weighted by Crippen LogP contribution is 2.15. The fraction of sp³-hybridized carbons (Fsp3) is 0.357. The van der Waals surface area contributed by atoms with Crippen molar-refractivity contribution >= 4 is 28.7 Å². The second-order valence-corrected chi connectivity index (χ2v) is 5.32. The molecule has 2 aromatic rings. The van der Waals surface area contributed by atoms with E-state index >= 15 is 0 Å². The Morgan fingerprint density at radius 3 is 2.45 bits per heavy atom. The molecule has 0 saturated carbocycles. The van der Waals surface area contributed by atoms with Gasteiger partial charge >= 0.3 is 11.7 Å². The molecule has 0 aliphatic rings. The molecule has 8 heteroatoms. The number of hydrogen-bond acceptors (Lipinski definition) is 4. The van der Waals surface area contributed by atoms with Crippen molar-refractivity contribution in [1.29, 1.82) is 0 Å². The van der Waals surface area contributed by atoms with Crippen LogP contribution >= 0.6 is 0 Å². The van der Waals surface area contributed by atoms with Crippen LogP contribution in [0.4, 0.5) is 10.5 Å². The largest absolute Gasteiger partial charge is 0.374 e. The molecule has 1 heterocycles. The third kappa shape index (κ3) is 3.87. The van der Waals surface area contributed by atoms with E-state index in [9.17, 15) is 14.4 Å². The van der Waals surface area contributed by atoms with E-state index in [2.05, 4.69) is 25.9 Å². The minimum absolute atomic E-state index is 0.0520. The van der Waals surface area contributed by atoms with Gasteiger partial charge in [0.2, 0.25) is 5.91 Å². The first-order chi connectivity index (χ1) is 10.3. The molecule has 5 N–H and O–H groups in total. The Bertz CT molecular complexity index is 746. The number of aromatic amines is 2. The third-order valence-corrected chi connectivity index (χ3v) is 2.95. The number of rotatable bonds is 4. The van der Waals surface area contributed by atoms with Crippen LogP contribution in [0.1, 0.15) is 20.8 Å². The summed E-state index contributed by atoms with van der Waals surface area (Å²) in [6.07, 6.45) is 0. The zero-order valence-corrected chi connectivity index (χ0v) is 12.6. The molecular formula is C14H19N5O3. The fourth-order valence-electron chi connectivity index (χ4n) is 1.96. The number of hydrogen-bond donors (Lipinski definition) is 5. The van der Waals surface area contributed by atoms with E-state index in [1.807, 2.05) is 0 Å². The lowest BCUT2D eigenvalue weighted by atomic mass is 10.2. The van der Waals surface area contributed by atoms with Gasteiger partial charge in [0.15, 0.2) is 0 Å². The zero-order chi connectivity index (χ0) is 16.3. The van der Waals surface area contributed by atoms with E-state index in [-0.39, 0.29) is 11.7 Å². The number of urea groups is 1. The van der Waals surface area contributed by atoms with E-state index in [4.69, 9.17) is 0 Å². The molecule has 0 aliphatic heterocycles. The molecule has 1 atom stereocenters. The van der Waals surface area contributed by atoms with Crippen molar-refractivity contribution in [2.24, 2.45) is 0 Å². The van der Waals surface area contributed by atoms with Gasteiger partial charge in [-0.25, -0.2) is 9.59 Å². The molecule has 0 unspecified atom stereocenters. The Labute approximate surface area is 126 Å². The van der Waals surface area contributed by atoms with Crippen LogP contribution in [0.3, 0.4) is 0 Å². The number of carbonyl (C=O) groups excluding carboxylic acids is 2. The summed E-state index contributed by atoms with van der Waals surface area (Å²) in [6, 6.07) is 3.99. The molecule has 0 fully saturated rings. The van der Waals surface area contributed by atoms with Gasteiger partial charge in [-0.2, -0.15) is 0 Å². The molecule has 3 amide bonds. The maximum absolute atomic E-state index is 11.9. The molecular weight excluding hydrogens is 286 g/mol. The summed E-state index contributed by atoms with van der Waals surface area (Å²) in [5.74, 6) is -0.444. The van der Waals surface area contributed by atoms with Gasteiger partial charge < -0.3 is 20.6 Å². The van der Waals surface area contributed by atoms with Crippen LogP contribution in [0.15, 0.2) is 23.0 Å². The van der Waals surface area contributed by atoms with Crippen LogP contribution in [0.5, 0.6) is 0 Å². The number of anilines is 1. The fourth-order valence-corrected chi connectivity index (χ4v) is 1.96.